The van der Waals surface area contributed by atoms with E-state index in [-0.39, 0.29) is 17.8 Å². The second kappa shape index (κ2) is 7.07. The number of carbonyl (C=O) groups is 2. The van der Waals surface area contributed by atoms with E-state index in [1.54, 1.807) is 0 Å². The van der Waals surface area contributed by atoms with Crippen LogP contribution in [0.4, 0.5) is 0 Å². The predicted molar refractivity (Wildman–Crippen MR) is 92.6 cm³/mol. The summed E-state index contributed by atoms with van der Waals surface area (Å²) < 4.78 is 7.16. The Morgan fingerprint density at radius 1 is 1.29 bits per heavy atom. The standard InChI is InChI=1S/C19H24N2O3/c1-3-24-19(23)14-7-6-10-21(13-14)18(22)11-15-12-20(2)17-9-5-4-8-16(15)17/h4-5,8-9,12,14H,3,6-7,10-11,13H2,1-2H3. The third kappa shape index (κ3) is 3.30. The number of nitrogens with zero attached hydrogens (tertiary/aromatic N) is 2. The molecule has 1 aliphatic heterocycles. The van der Waals surface area contributed by atoms with E-state index in [0.29, 0.717) is 19.6 Å². The first-order chi connectivity index (χ1) is 11.6. The lowest BCUT2D eigenvalue weighted by atomic mass is 9.97. The van der Waals surface area contributed by atoms with Gasteiger partial charge in [-0.2, -0.15) is 0 Å². The minimum Gasteiger partial charge on any atom is -0.466 e. The van der Waals surface area contributed by atoms with Gasteiger partial charge in [-0.3, -0.25) is 9.59 Å². The van der Waals surface area contributed by atoms with Crippen molar-refractivity contribution in [3.8, 4) is 0 Å². The third-order valence-electron chi connectivity index (χ3n) is 4.72. The van der Waals surface area contributed by atoms with Crippen LogP contribution in [0.15, 0.2) is 30.5 Å². The second-order valence-corrected chi connectivity index (χ2v) is 6.39. The van der Waals surface area contributed by atoms with Crippen LogP contribution in [0.1, 0.15) is 25.3 Å². The van der Waals surface area contributed by atoms with Crippen LogP contribution in [0, 0.1) is 5.92 Å². The normalized spacial score (nSPS) is 17.9. The van der Waals surface area contributed by atoms with E-state index in [1.165, 1.54) is 0 Å². The number of ether oxygens (including phenoxy) is 1. The van der Waals surface area contributed by atoms with Crippen LogP contribution < -0.4 is 0 Å². The summed E-state index contributed by atoms with van der Waals surface area (Å²) in [5.41, 5.74) is 2.17. The van der Waals surface area contributed by atoms with Crippen molar-refractivity contribution in [3.63, 3.8) is 0 Å². The quantitative estimate of drug-likeness (QED) is 0.811. The molecule has 1 atom stereocenters. The van der Waals surface area contributed by atoms with Crippen molar-refractivity contribution in [2.24, 2.45) is 13.0 Å². The smallest absolute Gasteiger partial charge is 0.310 e. The van der Waals surface area contributed by atoms with Crippen molar-refractivity contribution < 1.29 is 14.3 Å². The largest absolute Gasteiger partial charge is 0.466 e. The van der Waals surface area contributed by atoms with Crippen LogP contribution in [0.5, 0.6) is 0 Å². The number of hydrogen-bond acceptors (Lipinski definition) is 3. The van der Waals surface area contributed by atoms with Crippen molar-refractivity contribution in [1.82, 2.24) is 9.47 Å². The zero-order valence-electron chi connectivity index (χ0n) is 14.3. The summed E-state index contributed by atoms with van der Waals surface area (Å²) in [7, 11) is 1.99. The van der Waals surface area contributed by atoms with Crippen LogP contribution in [0.25, 0.3) is 10.9 Å². The lowest BCUT2D eigenvalue weighted by Crippen LogP contribution is -2.43. The van der Waals surface area contributed by atoms with Gasteiger partial charge >= 0.3 is 5.97 Å². The van der Waals surface area contributed by atoms with Gasteiger partial charge in [0.25, 0.3) is 0 Å². The van der Waals surface area contributed by atoms with E-state index in [2.05, 4.69) is 16.7 Å². The lowest BCUT2D eigenvalue weighted by molar-refractivity contribution is -0.151. The molecule has 0 radical (unpaired) electrons. The number of likely N-dealkylation sites (tertiary alicyclic amines) is 1. The molecule has 1 aromatic carbocycles. The van der Waals surface area contributed by atoms with Crippen molar-refractivity contribution in [1.29, 1.82) is 0 Å². The molecule has 0 spiro atoms. The Kier molecular flexibility index (Phi) is 4.88. The molecule has 1 aliphatic rings. The first kappa shape index (κ1) is 16.6. The number of fused-ring (bicyclic) bond motifs is 1. The highest BCUT2D eigenvalue weighted by Crippen LogP contribution is 2.23. The molecule has 24 heavy (non-hydrogen) atoms. The molecule has 1 aromatic heterocycles. The van der Waals surface area contributed by atoms with Gasteiger partial charge in [-0.1, -0.05) is 18.2 Å². The number of carbonyl (C=O) groups excluding carboxylic acids is 2. The Bertz CT molecular complexity index is 750. The Hall–Kier alpha value is -2.30. The molecule has 0 N–H and O–H groups in total. The topological polar surface area (TPSA) is 51.5 Å². The van der Waals surface area contributed by atoms with Crippen molar-refractivity contribution >= 4 is 22.8 Å². The van der Waals surface area contributed by atoms with Gasteiger partial charge in [-0.05, 0) is 31.4 Å². The summed E-state index contributed by atoms with van der Waals surface area (Å²) in [5.74, 6) is -0.282. The fourth-order valence-electron chi connectivity index (χ4n) is 3.50. The van der Waals surface area contributed by atoms with E-state index >= 15 is 0 Å². The lowest BCUT2D eigenvalue weighted by Gasteiger charge is -2.31. The van der Waals surface area contributed by atoms with Crippen LogP contribution in [-0.2, 0) is 27.8 Å². The number of rotatable bonds is 4. The molecule has 128 valence electrons. The van der Waals surface area contributed by atoms with Crippen LogP contribution in [0.3, 0.4) is 0 Å². The van der Waals surface area contributed by atoms with Gasteiger partial charge in [-0.25, -0.2) is 0 Å². The van der Waals surface area contributed by atoms with E-state index in [0.717, 1.165) is 35.9 Å². The number of amides is 1. The molecule has 2 aromatic rings. The summed E-state index contributed by atoms with van der Waals surface area (Å²) in [4.78, 5) is 26.5. The average Bonchev–Trinajstić information content (AvgIpc) is 2.91. The third-order valence-corrected chi connectivity index (χ3v) is 4.72. The number of para-hydroxylation sites is 1. The minimum absolute atomic E-state index is 0.0837. The zero-order valence-corrected chi connectivity index (χ0v) is 14.3. The molecule has 0 saturated carbocycles. The van der Waals surface area contributed by atoms with Gasteiger partial charge in [0.1, 0.15) is 0 Å². The maximum Gasteiger partial charge on any atom is 0.310 e. The summed E-state index contributed by atoms with van der Waals surface area (Å²) in [6.45, 7) is 3.39. The highest BCUT2D eigenvalue weighted by molar-refractivity contribution is 5.89. The Labute approximate surface area is 142 Å². The number of aromatic nitrogens is 1. The molecule has 1 unspecified atom stereocenters. The maximum absolute atomic E-state index is 12.7. The summed E-state index contributed by atoms with van der Waals surface area (Å²) in [6, 6.07) is 8.10. The van der Waals surface area contributed by atoms with E-state index in [1.807, 2.05) is 37.2 Å². The zero-order chi connectivity index (χ0) is 17.1. The van der Waals surface area contributed by atoms with E-state index in [4.69, 9.17) is 4.74 Å². The van der Waals surface area contributed by atoms with Crippen LogP contribution in [0.2, 0.25) is 0 Å². The summed E-state index contributed by atoms with van der Waals surface area (Å²) in [6.07, 6.45) is 4.05. The van der Waals surface area contributed by atoms with Crippen LogP contribution >= 0.6 is 0 Å². The first-order valence-electron chi connectivity index (χ1n) is 8.57. The average molecular weight is 328 g/mol. The Morgan fingerprint density at radius 3 is 2.88 bits per heavy atom. The molecular formula is C19H24N2O3. The van der Waals surface area contributed by atoms with Crippen molar-refractivity contribution in [2.45, 2.75) is 26.2 Å². The molecule has 5 heteroatoms. The Balaban J connectivity index is 1.71. The predicted octanol–water partition coefficient (Wildman–Crippen LogP) is 2.52. The molecule has 1 saturated heterocycles. The Morgan fingerprint density at radius 2 is 2.08 bits per heavy atom. The van der Waals surface area contributed by atoms with Crippen molar-refractivity contribution in [3.05, 3.63) is 36.0 Å². The first-order valence-corrected chi connectivity index (χ1v) is 8.57. The molecule has 0 bridgehead atoms. The van der Waals surface area contributed by atoms with Gasteiger partial charge in [0.15, 0.2) is 0 Å². The fourth-order valence-corrected chi connectivity index (χ4v) is 3.50. The molecule has 3 rings (SSSR count). The van der Waals surface area contributed by atoms with Crippen molar-refractivity contribution in [2.75, 3.05) is 19.7 Å². The summed E-state index contributed by atoms with van der Waals surface area (Å²) in [5, 5.41) is 1.12. The molecule has 0 aliphatic carbocycles. The minimum atomic E-state index is -0.185. The van der Waals surface area contributed by atoms with E-state index in [9.17, 15) is 9.59 Å². The maximum atomic E-state index is 12.7. The molecule has 1 amide bonds. The number of benzene rings is 1. The summed E-state index contributed by atoms with van der Waals surface area (Å²) >= 11 is 0. The molecule has 1 fully saturated rings. The monoisotopic (exact) mass is 328 g/mol. The number of esters is 1. The van der Waals surface area contributed by atoms with Crippen LogP contribution in [-0.4, -0.2) is 41.0 Å². The molecular weight excluding hydrogens is 304 g/mol. The van der Waals surface area contributed by atoms with Gasteiger partial charge < -0.3 is 14.2 Å². The number of aryl methyl sites for hydroxylation is 1. The van der Waals surface area contributed by atoms with E-state index < -0.39 is 0 Å². The highest BCUT2D eigenvalue weighted by atomic mass is 16.5. The second-order valence-electron chi connectivity index (χ2n) is 6.39. The van der Waals surface area contributed by atoms with Gasteiger partial charge in [0.2, 0.25) is 5.91 Å². The highest BCUT2D eigenvalue weighted by Gasteiger charge is 2.29. The number of piperidine rings is 1. The number of hydrogen-bond donors (Lipinski definition) is 0. The fraction of sp³-hybridized carbons (Fsp3) is 0.474. The molecule has 2 heterocycles. The van der Waals surface area contributed by atoms with Gasteiger partial charge in [0.05, 0.1) is 18.9 Å². The van der Waals surface area contributed by atoms with Gasteiger partial charge in [0, 0.05) is 37.2 Å². The molecule has 5 nitrogen and oxygen atoms in total. The SMILES string of the molecule is CCOC(=O)C1CCCN(C(=O)Cc2cn(C)c3ccccc23)C1. The van der Waals surface area contributed by atoms with Gasteiger partial charge in [-0.15, -0.1) is 0 Å².